The molecule has 2 aromatic rings. The van der Waals surface area contributed by atoms with Crippen LogP contribution in [0.15, 0.2) is 30.3 Å². The fourth-order valence-electron chi connectivity index (χ4n) is 1.61. The van der Waals surface area contributed by atoms with E-state index in [1.54, 1.807) is 0 Å². The van der Waals surface area contributed by atoms with Crippen LogP contribution >= 0.6 is 11.3 Å². The first-order valence-corrected chi connectivity index (χ1v) is 6.01. The number of carbonyl (C=O) groups is 1. The Kier molecular flexibility index (Phi) is 3.39. The van der Waals surface area contributed by atoms with Crippen LogP contribution < -0.4 is 5.73 Å². The number of carboxylic acids is 1. The van der Waals surface area contributed by atoms with Crippen molar-refractivity contribution in [2.75, 3.05) is 5.73 Å². The van der Waals surface area contributed by atoms with Crippen molar-refractivity contribution < 1.29 is 9.90 Å². The topological polar surface area (TPSA) is 76.2 Å². The smallest absolute Gasteiger partial charge is 0.347 e. The molecule has 1 heterocycles. The largest absolute Gasteiger partial charge is 0.477 e. The number of rotatable bonds is 4. The number of nitrogens with two attached hydrogens (primary N) is 1. The third-order valence-corrected chi connectivity index (χ3v) is 3.32. The van der Waals surface area contributed by atoms with E-state index in [1.165, 1.54) is 0 Å². The molecule has 0 unspecified atom stereocenters. The average molecular weight is 248 g/mol. The molecule has 0 atom stereocenters. The van der Waals surface area contributed by atoms with Crippen molar-refractivity contribution in [2.45, 2.75) is 12.8 Å². The minimum atomic E-state index is -0.956. The minimum absolute atomic E-state index is 0.249. The zero-order valence-electron chi connectivity index (χ0n) is 9.09. The van der Waals surface area contributed by atoms with Crippen LogP contribution in [0.4, 0.5) is 5.13 Å². The Morgan fingerprint density at radius 2 is 2.00 bits per heavy atom. The predicted molar refractivity (Wildman–Crippen MR) is 67.3 cm³/mol. The van der Waals surface area contributed by atoms with Gasteiger partial charge in [0.1, 0.15) is 4.88 Å². The molecule has 1 aromatic heterocycles. The lowest BCUT2D eigenvalue weighted by Crippen LogP contribution is -2.01. The highest BCUT2D eigenvalue weighted by Crippen LogP contribution is 2.21. The van der Waals surface area contributed by atoms with Crippen molar-refractivity contribution in [3.63, 3.8) is 0 Å². The van der Waals surface area contributed by atoms with E-state index in [2.05, 4.69) is 4.98 Å². The van der Waals surface area contributed by atoms with Crippen LogP contribution in [0.1, 0.15) is 20.9 Å². The van der Waals surface area contributed by atoms with Crippen molar-refractivity contribution in [3.05, 3.63) is 46.5 Å². The zero-order chi connectivity index (χ0) is 12.3. The van der Waals surface area contributed by atoms with E-state index >= 15 is 0 Å². The molecule has 0 spiro atoms. The van der Waals surface area contributed by atoms with Gasteiger partial charge in [-0.25, -0.2) is 9.78 Å². The molecule has 5 heteroatoms. The van der Waals surface area contributed by atoms with Gasteiger partial charge in [-0.05, 0) is 18.4 Å². The van der Waals surface area contributed by atoms with Crippen LogP contribution in [0.3, 0.4) is 0 Å². The number of hydrogen-bond donors (Lipinski definition) is 2. The predicted octanol–water partition coefficient (Wildman–Crippen LogP) is 2.21. The van der Waals surface area contributed by atoms with Crippen molar-refractivity contribution in [3.8, 4) is 0 Å². The fourth-order valence-corrected chi connectivity index (χ4v) is 2.33. The molecule has 0 radical (unpaired) electrons. The molecule has 3 N–H and O–H groups in total. The second-order valence-corrected chi connectivity index (χ2v) is 4.65. The molecular formula is C12H12N2O2S. The van der Waals surface area contributed by atoms with Gasteiger partial charge in [-0.15, -0.1) is 0 Å². The van der Waals surface area contributed by atoms with Crippen LogP contribution in [-0.4, -0.2) is 16.1 Å². The molecule has 0 aliphatic carbocycles. The van der Waals surface area contributed by atoms with E-state index in [-0.39, 0.29) is 4.88 Å². The van der Waals surface area contributed by atoms with Gasteiger partial charge in [0.15, 0.2) is 5.13 Å². The normalized spacial score (nSPS) is 10.4. The average Bonchev–Trinajstić information content (AvgIpc) is 2.69. The first-order chi connectivity index (χ1) is 8.16. The maximum Gasteiger partial charge on any atom is 0.347 e. The number of benzene rings is 1. The Bertz CT molecular complexity index is 523. The molecule has 0 saturated carbocycles. The quantitative estimate of drug-likeness (QED) is 0.869. The second kappa shape index (κ2) is 4.97. The van der Waals surface area contributed by atoms with E-state index in [4.69, 9.17) is 10.8 Å². The van der Waals surface area contributed by atoms with E-state index in [0.717, 1.165) is 23.3 Å². The first kappa shape index (κ1) is 11.6. The highest BCUT2D eigenvalue weighted by molar-refractivity contribution is 7.17. The summed E-state index contributed by atoms with van der Waals surface area (Å²) in [4.78, 5) is 15.3. The summed E-state index contributed by atoms with van der Waals surface area (Å²) in [5.74, 6) is -0.956. The van der Waals surface area contributed by atoms with Gasteiger partial charge in [-0.1, -0.05) is 41.7 Å². The number of aromatic nitrogens is 1. The summed E-state index contributed by atoms with van der Waals surface area (Å²) >= 11 is 1.02. The second-order valence-electron chi connectivity index (χ2n) is 3.62. The molecule has 0 amide bonds. The molecule has 0 aliphatic rings. The lowest BCUT2D eigenvalue weighted by atomic mass is 10.1. The number of hydrogen-bond acceptors (Lipinski definition) is 4. The summed E-state index contributed by atoms with van der Waals surface area (Å²) < 4.78 is 0. The summed E-state index contributed by atoms with van der Waals surface area (Å²) in [7, 11) is 0. The van der Waals surface area contributed by atoms with Gasteiger partial charge in [-0.3, -0.25) is 0 Å². The number of carboxylic acid groups (broad SMARTS) is 1. The summed E-state index contributed by atoms with van der Waals surface area (Å²) in [6, 6.07) is 9.89. The van der Waals surface area contributed by atoms with Gasteiger partial charge in [-0.2, -0.15) is 0 Å². The zero-order valence-corrected chi connectivity index (χ0v) is 9.91. The number of aromatic carboxylic acids is 1. The third kappa shape index (κ3) is 2.82. The molecule has 2 rings (SSSR count). The van der Waals surface area contributed by atoms with Gasteiger partial charge < -0.3 is 10.8 Å². The summed E-state index contributed by atoms with van der Waals surface area (Å²) in [6.45, 7) is 0. The number of nitrogens with zero attached hydrogens (tertiary/aromatic N) is 1. The van der Waals surface area contributed by atoms with E-state index in [9.17, 15) is 4.79 Å². The highest BCUT2D eigenvalue weighted by Gasteiger charge is 2.15. The third-order valence-electron chi connectivity index (χ3n) is 2.40. The van der Waals surface area contributed by atoms with Crippen LogP contribution in [0, 0.1) is 0 Å². The van der Waals surface area contributed by atoms with Gasteiger partial charge in [0.05, 0.1) is 5.69 Å². The maximum atomic E-state index is 11.0. The van der Waals surface area contributed by atoms with Crippen molar-refractivity contribution in [1.29, 1.82) is 0 Å². The van der Waals surface area contributed by atoms with Crippen LogP contribution in [-0.2, 0) is 12.8 Å². The molecule has 0 aliphatic heterocycles. The van der Waals surface area contributed by atoms with Crippen molar-refractivity contribution in [2.24, 2.45) is 0 Å². The summed E-state index contributed by atoms with van der Waals surface area (Å²) in [5, 5.41) is 9.30. The highest BCUT2D eigenvalue weighted by atomic mass is 32.1. The number of thiazole rings is 1. The Hall–Kier alpha value is -1.88. The van der Waals surface area contributed by atoms with Gasteiger partial charge >= 0.3 is 5.97 Å². The summed E-state index contributed by atoms with van der Waals surface area (Å²) in [6.07, 6.45) is 1.36. The van der Waals surface area contributed by atoms with Gasteiger partial charge in [0.2, 0.25) is 0 Å². The van der Waals surface area contributed by atoms with Gasteiger partial charge in [0, 0.05) is 0 Å². The number of aryl methyl sites for hydroxylation is 2. The Labute approximate surface area is 103 Å². The molecule has 1 aromatic carbocycles. The van der Waals surface area contributed by atoms with Crippen molar-refractivity contribution in [1.82, 2.24) is 4.98 Å². The van der Waals surface area contributed by atoms with E-state index in [0.29, 0.717) is 17.2 Å². The van der Waals surface area contributed by atoms with Crippen molar-refractivity contribution >= 4 is 22.4 Å². The van der Waals surface area contributed by atoms with Gasteiger partial charge in [0.25, 0.3) is 0 Å². The van der Waals surface area contributed by atoms with Crippen LogP contribution in [0.5, 0.6) is 0 Å². The molecule has 0 bridgehead atoms. The molecule has 0 saturated heterocycles. The minimum Gasteiger partial charge on any atom is -0.477 e. The Balaban J connectivity index is 2.11. The molecule has 17 heavy (non-hydrogen) atoms. The Morgan fingerprint density at radius 3 is 2.65 bits per heavy atom. The monoisotopic (exact) mass is 248 g/mol. The molecule has 4 nitrogen and oxygen atoms in total. The summed E-state index contributed by atoms with van der Waals surface area (Å²) in [5.41, 5.74) is 7.27. The molecule has 88 valence electrons. The standard InChI is InChI=1S/C12H12N2O2S/c13-12-14-9(10(17-12)11(15)16)7-6-8-4-2-1-3-5-8/h1-5H,6-7H2,(H2,13,14)(H,15,16). The molecule has 0 fully saturated rings. The first-order valence-electron chi connectivity index (χ1n) is 5.19. The number of anilines is 1. The lowest BCUT2D eigenvalue weighted by Gasteiger charge is -1.99. The lowest BCUT2D eigenvalue weighted by molar-refractivity contribution is 0.0700. The Morgan fingerprint density at radius 1 is 1.29 bits per heavy atom. The maximum absolute atomic E-state index is 11.0. The van der Waals surface area contributed by atoms with E-state index in [1.807, 2.05) is 30.3 Å². The van der Waals surface area contributed by atoms with E-state index < -0.39 is 5.97 Å². The SMILES string of the molecule is Nc1nc(CCc2ccccc2)c(C(=O)O)s1. The number of nitrogen functional groups attached to an aromatic ring is 1. The molecular weight excluding hydrogens is 236 g/mol. The fraction of sp³-hybridized carbons (Fsp3) is 0.167. The van der Waals surface area contributed by atoms with Crippen LogP contribution in [0.25, 0.3) is 0 Å². The van der Waals surface area contributed by atoms with Crippen LogP contribution in [0.2, 0.25) is 0 Å².